The number of nitrogens with one attached hydrogen (secondary N) is 1. The minimum absolute atomic E-state index is 0.0408. The molecule has 1 aromatic rings. The van der Waals surface area contributed by atoms with Crippen LogP contribution in [-0.4, -0.2) is 24.1 Å². The van der Waals surface area contributed by atoms with Crippen molar-refractivity contribution in [1.29, 1.82) is 0 Å². The Hall–Kier alpha value is -1.17. The predicted molar refractivity (Wildman–Crippen MR) is 92.8 cm³/mol. The summed E-state index contributed by atoms with van der Waals surface area (Å²) < 4.78 is 0. The van der Waals surface area contributed by atoms with Crippen LogP contribution < -0.4 is 5.32 Å². The second-order valence-electron chi connectivity index (χ2n) is 6.41. The van der Waals surface area contributed by atoms with E-state index >= 15 is 0 Å². The first-order valence-corrected chi connectivity index (χ1v) is 10.5. The second-order valence-corrected chi connectivity index (χ2v) is 9.28. The van der Waals surface area contributed by atoms with Gasteiger partial charge in [-0.15, -0.1) is 0 Å². The maximum absolute atomic E-state index is 11.7. The van der Waals surface area contributed by atoms with Gasteiger partial charge in [0.25, 0.3) is 0 Å². The normalized spacial score (nSPS) is 11.7. The molecular weight excluding hydrogens is 294 g/mol. The third-order valence-corrected chi connectivity index (χ3v) is 6.15. The van der Waals surface area contributed by atoms with E-state index in [-0.39, 0.29) is 5.91 Å². The molecule has 0 atom stereocenters. The molecule has 0 heterocycles. The largest absolute Gasteiger partial charge is 0.411 e. The van der Waals surface area contributed by atoms with Crippen LogP contribution in [0.25, 0.3) is 0 Å². The van der Waals surface area contributed by atoms with Crippen LogP contribution in [0.1, 0.15) is 46.0 Å². The fourth-order valence-corrected chi connectivity index (χ4v) is 4.88. The third-order valence-electron chi connectivity index (χ3n) is 3.52. The van der Waals surface area contributed by atoms with Gasteiger partial charge in [-0.05, 0) is 36.6 Å². The SMILES string of the molecule is CC(C)C[Si](O)(O)CCCCCCC(=O)Nc1ccccc1. The van der Waals surface area contributed by atoms with Gasteiger partial charge in [0.05, 0.1) is 0 Å². The van der Waals surface area contributed by atoms with Crippen molar-refractivity contribution in [3.8, 4) is 0 Å². The Kier molecular flexibility index (Phi) is 8.38. The van der Waals surface area contributed by atoms with Crippen molar-refractivity contribution in [2.24, 2.45) is 5.92 Å². The quantitative estimate of drug-likeness (QED) is 0.454. The van der Waals surface area contributed by atoms with Gasteiger partial charge in [-0.1, -0.05) is 51.3 Å². The number of amides is 1. The molecule has 4 nitrogen and oxygen atoms in total. The summed E-state index contributed by atoms with van der Waals surface area (Å²) in [5.41, 5.74) is 0.831. The molecule has 124 valence electrons. The van der Waals surface area contributed by atoms with Crippen LogP contribution in [0.15, 0.2) is 30.3 Å². The Balaban J connectivity index is 2.07. The van der Waals surface area contributed by atoms with Crippen LogP contribution in [0.5, 0.6) is 0 Å². The molecule has 1 aromatic carbocycles. The van der Waals surface area contributed by atoms with Crippen molar-refractivity contribution in [1.82, 2.24) is 0 Å². The fraction of sp³-hybridized carbons (Fsp3) is 0.588. The van der Waals surface area contributed by atoms with Crippen LogP contribution in [0.4, 0.5) is 5.69 Å². The molecule has 0 saturated heterocycles. The van der Waals surface area contributed by atoms with Crippen molar-refractivity contribution < 1.29 is 14.4 Å². The van der Waals surface area contributed by atoms with E-state index in [4.69, 9.17) is 0 Å². The number of unbranched alkanes of at least 4 members (excludes halogenated alkanes) is 3. The zero-order valence-electron chi connectivity index (χ0n) is 13.7. The molecule has 3 N–H and O–H groups in total. The van der Waals surface area contributed by atoms with Gasteiger partial charge in [-0.2, -0.15) is 0 Å². The van der Waals surface area contributed by atoms with E-state index < -0.39 is 8.56 Å². The number of benzene rings is 1. The smallest absolute Gasteiger partial charge is 0.332 e. The molecule has 0 bridgehead atoms. The van der Waals surface area contributed by atoms with Crippen LogP contribution in [0, 0.1) is 5.92 Å². The highest BCUT2D eigenvalue weighted by Crippen LogP contribution is 2.19. The maximum atomic E-state index is 11.7. The van der Waals surface area contributed by atoms with E-state index in [0.717, 1.165) is 31.4 Å². The molecule has 0 aliphatic rings. The maximum Gasteiger partial charge on any atom is 0.332 e. The van der Waals surface area contributed by atoms with Crippen LogP contribution >= 0.6 is 0 Å². The first-order chi connectivity index (χ1) is 10.4. The Bertz CT molecular complexity index is 435. The van der Waals surface area contributed by atoms with Gasteiger partial charge in [0.2, 0.25) is 5.91 Å². The highest BCUT2D eigenvalue weighted by Gasteiger charge is 2.29. The number of carbonyl (C=O) groups is 1. The molecule has 0 radical (unpaired) electrons. The van der Waals surface area contributed by atoms with E-state index in [1.54, 1.807) is 0 Å². The number of hydrogen-bond acceptors (Lipinski definition) is 3. The van der Waals surface area contributed by atoms with Crippen molar-refractivity contribution in [3.63, 3.8) is 0 Å². The zero-order valence-corrected chi connectivity index (χ0v) is 14.7. The van der Waals surface area contributed by atoms with Gasteiger partial charge in [0.1, 0.15) is 0 Å². The second kappa shape index (κ2) is 9.76. The molecule has 0 aromatic heterocycles. The topological polar surface area (TPSA) is 69.6 Å². The number of para-hydroxylation sites is 1. The lowest BCUT2D eigenvalue weighted by Crippen LogP contribution is -2.35. The average molecular weight is 324 g/mol. The summed E-state index contributed by atoms with van der Waals surface area (Å²) in [4.78, 5) is 31.6. The summed E-state index contributed by atoms with van der Waals surface area (Å²) in [7, 11) is -2.98. The van der Waals surface area contributed by atoms with Gasteiger partial charge < -0.3 is 14.9 Å². The molecule has 0 spiro atoms. The lowest BCUT2D eigenvalue weighted by atomic mass is 10.1. The van der Waals surface area contributed by atoms with Gasteiger partial charge in [-0.3, -0.25) is 4.79 Å². The Morgan fingerprint density at radius 2 is 1.73 bits per heavy atom. The minimum Gasteiger partial charge on any atom is -0.411 e. The highest BCUT2D eigenvalue weighted by molar-refractivity contribution is 6.64. The number of carbonyl (C=O) groups excluding carboxylic acids is 1. The molecule has 0 aliphatic heterocycles. The van der Waals surface area contributed by atoms with E-state index in [1.807, 2.05) is 44.2 Å². The van der Waals surface area contributed by atoms with Gasteiger partial charge >= 0.3 is 8.56 Å². The minimum atomic E-state index is -2.98. The number of rotatable bonds is 10. The summed E-state index contributed by atoms with van der Waals surface area (Å²) in [6.45, 7) is 4.03. The fourth-order valence-electron chi connectivity index (χ4n) is 2.55. The van der Waals surface area contributed by atoms with Crippen molar-refractivity contribution >= 4 is 20.2 Å². The molecule has 22 heavy (non-hydrogen) atoms. The summed E-state index contributed by atoms with van der Waals surface area (Å²) in [5, 5.41) is 2.87. The molecule has 0 fully saturated rings. The summed E-state index contributed by atoms with van der Waals surface area (Å²) in [6.07, 6.45) is 4.10. The molecule has 0 saturated carbocycles. The first-order valence-electron chi connectivity index (χ1n) is 8.19. The van der Waals surface area contributed by atoms with Gasteiger partial charge in [-0.25, -0.2) is 0 Å². The zero-order chi connectivity index (χ0) is 16.4. The predicted octanol–water partition coefficient (Wildman–Crippen LogP) is 3.66. The number of anilines is 1. The number of hydrogen-bond donors (Lipinski definition) is 3. The molecule has 1 amide bonds. The first kappa shape index (κ1) is 18.9. The van der Waals surface area contributed by atoms with E-state index in [0.29, 0.717) is 24.4 Å². The van der Waals surface area contributed by atoms with E-state index in [9.17, 15) is 14.4 Å². The standard InChI is InChI=1S/C17H29NO3Si/c1-15(2)14-22(20,21)13-9-4-3-8-12-17(19)18-16-10-6-5-7-11-16/h5-7,10-11,15,20-21H,3-4,8-9,12-14H2,1-2H3,(H,18,19). The van der Waals surface area contributed by atoms with Crippen LogP contribution in [-0.2, 0) is 4.79 Å². The molecular formula is C17H29NO3Si. The third kappa shape index (κ3) is 8.97. The van der Waals surface area contributed by atoms with Crippen molar-refractivity contribution in [2.75, 3.05) is 5.32 Å². The Labute approximate surface area is 134 Å². The average Bonchev–Trinajstić information content (AvgIpc) is 2.42. The monoisotopic (exact) mass is 323 g/mol. The van der Waals surface area contributed by atoms with Crippen LogP contribution in [0.3, 0.4) is 0 Å². The van der Waals surface area contributed by atoms with E-state index in [1.165, 1.54) is 0 Å². The molecule has 0 aliphatic carbocycles. The van der Waals surface area contributed by atoms with Crippen molar-refractivity contribution in [2.45, 2.75) is 58.0 Å². The highest BCUT2D eigenvalue weighted by atomic mass is 28.4. The summed E-state index contributed by atoms with van der Waals surface area (Å²) in [5.74, 6) is 0.377. The van der Waals surface area contributed by atoms with Gasteiger partial charge in [0.15, 0.2) is 0 Å². The molecule has 0 unspecified atom stereocenters. The Morgan fingerprint density at radius 1 is 1.09 bits per heavy atom. The summed E-state index contributed by atoms with van der Waals surface area (Å²) in [6, 6.07) is 10.5. The molecule has 5 heteroatoms. The Morgan fingerprint density at radius 3 is 2.36 bits per heavy atom. The van der Waals surface area contributed by atoms with Crippen molar-refractivity contribution in [3.05, 3.63) is 30.3 Å². The van der Waals surface area contributed by atoms with Gasteiger partial charge in [0, 0.05) is 12.1 Å². The lowest BCUT2D eigenvalue weighted by molar-refractivity contribution is -0.116. The van der Waals surface area contributed by atoms with E-state index in [2.05, 4.69) is 5.32 Å². The molecule has 1 rings (SSSR count). The lowest BCUT2D eigenvalue weighted by Gasteiger charge is -2.19. The summed E-state index contributed by atoms with van der Waals surface area (Å²) >= 11 is 0. The van der Waals surface area contributed by atoms with Crippen LogP contribution in [0.2, 0.25) is 12.1 Å².